The van der Waals surface area contributed by atoms with Crippen molar-refractivity contribution in [3.8, 4) is 17.0 Å². The molecule has 0 unspecified atom stereocenters. The zero-order chi connectivity index (χ0) is 17.9. The molecule has 3 aromatic rings. The van der Waals surface area contributed by atoms with Crippen LogP contribution in [0.25, 0.3) is 11.3 Å². The van der Waals surface area contributed by atoms with Crippen LogP contribution in [0.5, 0.6) is 5.75 Å². The minimum Gasteiger partial charge on any atom is -0.495 e. The van der Waals surface area contributed by atoms with Gasteiger partial charge in [-0.05, 0) is 24.3 Å². The molecule has 8 heteroatoms. The smallest absolute Gasteiger partial charge is 0.229 e. The van der Waals surface area contributed by atoms with Gasteiger partial charge in [-0.3, -0.25) is 4.72 Å². The lowest BCUT2D eigenvalue weighted by Gasteiger charge is -2.08. The van der Waals surface area contributed by atoms with Crippen LogP contribution in [0.1, 0.15) is 0 Å². The summed E-state index contributed by atoms with van der Waals surface area (Å²) in [5, 5.41) is 5.94. The molecule has 0 spiro atoms. The second-order valence-corrected chi connectivity index (χ2v) is 7.92. The van der Waals surface area contributed by atoms with E-state index in [1.54, 1.807) is 19.2 Å². The molecule has 0 saturated carbocycles. The van der Waals surface area contributed by atoms with Crippen LogP contribution in [0, 0.1) is 0 Å². The number of ether oxygens (including phenoxy) is 1. The Morgan fingerprint density at radius 2 is 1.80 bits per heavy atom. The van der Waals surface area contributed by atoms with Crippen molar-refractivity contribution in [2.24, 2.45) is 0 Å². The molecule has 0 fully saturated rings. The highest BCUT2D eigenvalue weighted by atomic mass is 32.2. The van der Waals surface area contributed by atoms with Crippen molar-refractivity contribution in [3.05, 3.63) is 53.9 Å². The number of para-hydroxylation sites is 2. The highest BCUT2D eigenvalue weighted by molar-refractivity contribution is 7.92. The first kappa shape index (κ1) is 17.2. The number of methoxy groups -OCH3 is 1. The maximum absolute atomic E-state index is 11.2. The summed E-state index contributed by atoms with van der Waals surface area (Å²) >= 11 is 1.48. The van der Waals surface area contributed by atoms with Gasteiger partial charge < -0.3 is 10.1 Å². The lowest BCUT2D eigenvalue weighted by atomic mass is 10.1. The van der Waals surface area contributed by atoms with Gasteiger partial charge in [0.2, 0.25) is 10.0 Å². The van der Waals surface area contributed by atoms with Gasteiger partial charge in [-0.2, -0.15) is 0 Å². The summed E-state index contributed by atoms with van der Waals surface area (Å²) in [6.07, 6.45) is 1.12. The third kappa shape index (κ3) is 4.49. The van der Waals surface area contributed by atoms with Crippen molar-refractivity contribution >= 4 is 37.9 Å². The van der Waals surface area contributed by atoms with E-state index < -0.39 is 10.0 Å². The summed E-state index contributed by atoms with van der Waals surface area (Å²) in [7, 11) is -1.65. The molecule has 2 aromatic carbocycles. The Kier molecular flexibility index (Phi) is 4.91. The summed E-state index contributed by atoms with van der Waals surface area (Å²) in [4.78, 5) is 4.57. The molecule has 0 saturated heterocycles. The largest absolute Gasteiger partial charge is 0.495 e. The molecule has 3 rings (SSSR count). The molecular weight excluding hydrogens is 358 g/mol. The second-order valence-electron chi connectivity index (χ2n) is 5.31. The van der Waals surface area contributed by atoms with E-state index in [4.69, 9.17) is 4.74 Å². The van der Waals surface area contributed by atoms with Crippen molar-refractivity contribution in [2.75, 3.05) is 23.4 Å². The lowest BCUT2D eigenvalue weighted by molar-refractivity contribution is 0.417. The topological polar surface area (TPSA) is 80.3 Å². The molecule has 0 aliphatic heterocycles. The first-order valence-corrected chi connectivity index (χ1v) is 10.2. The van der Waals surface area contributed by atoms with E-state index >= 15 is 0 Å². The minimum absolute atomic E-state index is 0.522. The normalized spacial score (nSPS) is 11.1. The average molecular weight is 375 g/mol. The molecule has 1 aromatic heterocycles. The van der Waals surface area contributed by atoms with Crippen molar-refractivity contribution in [2.45, 2.75) is 0 Å². The number of sulfonamides is 1. The van der Waals surface area contributed by atoms with E-state index in [2.05, 4.69) is 15.0 Å². The molecule has 6 nitrogen and oxygen atoms in total. The molecule has 0 atom stereocenters. The average Bonchev–Trinajstić information content (AvgIpc) is 3.03. The van der Waals surface area contributed by atoms with Gasteiger partial charge in [0, 0.05) is 16.6 Å². The molecule has 0 bridgehead atoms. The summed E-state index contributed by atoms with van der Waals surface area (Å²) in [5.74, 6) is 0.746. The second kappa shape index (κ2) is 7.12. The van der Waals surface area contributed by atoms with Gasteiger partial charge in [0.1, 0.15) is 5.75 Å². The van der Waals surface area contributed by atoms with E-state index in [0.717, 1.165) is 34.1 Å². The van der Waals surface area contributed by atoms with E-state index in [1.807, 2.05) is 41.8 Å². The molecule has 0 aliphatic rings. The molecule has 2 N–H and O–H groups in total. The maximum atomic E-state index is 11.2. The Morgan fingerprint density at radius 1 is 1.08 bits per heavy atom. The van der Waals surface area contributed by atoms with Crippen LogP contribution >= 0.6 is 11.3 Å². The van der Waals surface area contributed by atoms with Crippen molar-refractivity contribution in [1.29, 1.82) is 0 Å². The molecule has 1 heterocycles. The highest BCUT2D eigenvalue weighted by Crippen LogP contribution is 2.31. The minimum atomic E-state index is -3.28. The number of nitrogens with one attached hydrogen (secondary N) is 2. The molecule has 0 radical (unpaired) electrons. The van der Waals surface area contributed by atoms with Gasteiger partial charge in [-0.1, -0.05) is 24.3 Å². The SMILES string of the molecule is COc1ccccc1Nc1nc(-c2ccc(NS(C)(=O)=O)cc2)cs1. The number of benzene rings is 2. The van der Waals surface area contributed by atoms with Gasteiger partial charge >= 0.3 is 0 Å². The van der Waals surface area contributed by atoms with Crippen molar-refractivity contribution in [1.82, 2.24) is 4.98 Å². The van der Waals surface area contributed by atoms with Gasteiger partial charge in [-0.25, -0.2) is 13.4 Å². The monoisotopic (exact) mass is 375 g/mol. The first-order chi connectivity index (χ1) is 11.9. The number of thiazole rings is 1. The fourth-order valence-corrected chi connectivity index (χ4v) is 3.55. The first-order valence-electron chi connectivity index (χ1n) is 7.38. The van der Waals surface area contributed by atoms with Crippen LogP contribution in [-0.4, -0.2) is 26.8 Å². The Morgan fingerprint density at radius 3 is 2.48 bits per heavy atom. The molecule has 0 aliphatic carbocycles. The standard InChI is InChI=1S/C17H17N3O3S2/c1-23-16-6-4-3-5-14(16)18-17-19-15(11-24-17)12-7-9-13(10-8-12)20-25(2,21)22/h3-11,20H,1-2H3,(H,18,19). The predicted molar refractivity (Wildman–Crippen MR) is 102 cm³/mol. The van der Waals surface area contributed by atoms with E-state index in [0.29, 0.717) is 5.69 Å². The fraction of sp³-hybridized carbons (Fsp3) is 0.118. The maximum Gasteiger partial charge on any atom is 0.229 e. The van der Waals surface area contributed by atoms with Crippen LogP contribution in [0.3, 0.4) is 0 Å². The number of nitrogens with zero attached hydrogens (tertiary/aromatic N) is 1. The zero-order valence-corrected chi connectivity index (χ0v) is 15.3. The molecule has 25 heavy (non-hydrogen) atoms. The van der Waals surface area contributed by atoms with Crippen LogP contribution in [0.15, 0.2) is 53.9 Å². The summed E-state index contributed by atoms with van der Waals surface area (Å²) in [6.45, 7) is 0. The fourth-order valence-electron chi connectivity index (χ4n) is 2.25. The molecule has 0 amide bonds. The van der Waals surface area contributed by atoms with Crippen molar-refractivity contribution in [3.63, 3.8) is 0 Å². The summed E-state index contributed by atoms with van der Waals surface area (Å²) < 4.78 is 30.2. The number of aromatic nitrogens is 1. The number of anilines is 3. The van der Waals surface area contributed by atoms with E-state index in [9.17, 15) is 8.42 Å². The van der Waals surface area contributed by atoms with Crippen LogP contribution < -0.4 is 14.8 Å². The van der Waals surface area contributed by atoms with E-state index in [-0.39, 0.29) is 0 Å². The van der Waals surface area contributed by atoms with Crippen LogP contribution in [0.2, 0.25) is 0 Å². The third-order valence-corrected chi connectivity index (χ3v) is 4.70. The van der Waals surface area contributed by atoms with Crippen molar-refractivity contribution < 1.29 is 13.2 Å². The number of hydrogen-bond donors (Lipinski definition) is 2. The Labute approximate surface area is 150 Å². The Balaban J connectivity index is 1.77. The Bertz CT molecular complexity index is 967. The third-order valence-electron chi connectivity index (χ3n) is 3.34. The predicted octanol–water partition coefficient (Wildman–Crippen LogP) is 3.93. The lowest BCUT2D eigenvalue weighted by Crippen LogP contribution is -2.09. The van der Waals surface area contributed by atoms with Crippen LogP contribution in [-0.2, 0) is 10.0 Å². The quantitative estimate of drug-likeness (QED) is 0.682. The van der Waals surface area contributed by atoms with Gasteiger partial charge in [0.15, 0.2) is 5.13 Å². The van der Waals surface area contributed by atoms with Crippen LogP contribution in [0.4, 0.5) is 16.5 Å². The summed E-state index contributed by atoms with van der Waals surface area (Å²) in [5.41, 5.74) is 3.09. The van der Waals surface area contributed by atoms with Gasteiger partial charge in [-0.15, -0.1) is 11.3 Å². The molecule has 130 valence electrons. The van der Waals surface area contributed by atoms with Gasteiger partial charge in [0.05, 0.1) is 24.7 Å². The summed E-state index contributed by atoms with van der Waals surface area (Å²) in [6, 6.07) is 14.7. The Hall–Kier alpha value is -2.58. The number of hydrogen-bond acceptors (Lipinski definition) is 6. The molecular formula is C17H17N3O3S2. The number of rotatable bonds is 6. The zero-order valence-electron chi connectivity index (χ0n) is 13.7. The highest BCUT2D eigenvalue weighted by Gasteiger charge is 2.08. The van der Waals surface area contributed by atoms with Gasteiger partial charge in [0.25, 0.3) is 0 Å². The van der Waals surface area contributed by atoms with E-state index in [1.165, 1.54) is 11.3 Å².